The molecule has 1 aromatic heterocycles. The van der Waals surface area contributed by atoms with Crippen LogP contribution in [0.2, 0.25) is 0 Å². The molecule has 34 heavy (non-hydrogen) atoms. The normalized spacial score (nSPS) is 17.4. The average molecular weight is 476 g/mol. The minimum absolute atomic E-state index is 0.0145. The molecule has 2 heterocycles. The number of halogens is 3. The lowest BCUT2D eigenvalue weighted by Crippen LogP contribution is -2.36. The van der Waals surface area contributed by atoms with E-state index in [0.29, 0.717) is 28.5 Å². The lowest BCUT2D eigenvalue weighted by atomic mass is 9.96. The van der Waals surface area contributed by atoms with Crippen molar-refractivity contribution in [3.05, 3.63) is 59.8 Å². The van der Waals surface area contributed by atoms with E-state index >= 15 is 0 Å². The summed E-state index contributed by atoms with van der Waals surface area (Å²) in [5.41, 5.74) is 0.971. The largest absolute Gasteiger partial charge is 0.497 e. The summed E-state index contributed by atoms with van der Waals surface area (Å²) >= 11 is 0. The molecule has 2 unspecified atom stereocenters. The molecular weight excluding hydrogens is 453 g/mol. The lowest BCUT2D eigenvalue weighted by Gasteiger charge is -2.34. The number of alkyl halides is 3. The number of methoxy groups -OCH3 is 3. The Morgan fingerprint density at radius 2 is 1.85 bits per heavy atom. The number of amides is 1. The third-order valence-electron chi connectivity index (χ3n) is 5.62. The minimum atomic E-state index is -4.56. The van der Waals surface area contributed by atoms with Crippen LogP contribution in [-0.4, -0.2) is 43.2 Å². The monoisotopic (exact) mass is 476 g/mol. The molecule has 0 bridgehead atoms. The van der Waals surface area contributed by atoms with Crippen molar-refractivity contribution in [2.45, 2.75) is 24.7 Å². The van der Waals surface area contributed by atoms with Gasteiger partial charge >= 0.3 is 6.18 Å². The van der Waals surface area contributed by atoms with Crippen molar-refractivity contribution in [2.75, 3.05) is 32.0 Å². The summed E-state index contributed by atoms with van der Waals surface area (Å²) in [5.74, 6) is 0.755. The molecule has 0 saturated heterocycles. The molecule has 1 aliphatic rings. The fourth-order valence-electron chi connectivity index (χ4n) is 3.92. The van der Waals surface area contributed by atoms with E-state index in [1.54, 1.807) is 42.5 Å². The summed E-state index contributed by atoms with van der Waals surface area (Å²) in [4.78, 5) is 13.0. The van der Waals surface area contributed by atoms with Crippen LogP contribution >= 0.6 is 0 Å². The van der Waals surface area contributed by atoms with Crippen LogP contribution in [0.3, 0.4) is 0 Å². The van der Waals surface area contributed by atoms with E-state index in [0.717, 1.165) is 10.9 Å². The third-order valence-corrected chi connectivity index (χ3v) is 5.62. The highest BCUT2D eigenvalue weighted by Gasteiger charge is 2.47. The highest BCUT2D eigenvalue weighted by Crippen LogP contribution is 2.44. The predicted molar refractivity (Wildman–Crippen MR) is 119 cm³/mol. The van der Waals surface area contributed by atoms with Gasteiger partial charge in [0, 0.05) is 18.2 Å². The fourth-order valence-corrected chi connectivity index (χ4v) is 3.92. The molecule has 0 spiro atoms. The van der Waals surface area contributed by atoms with Gasteiger partial charge in [-0.05, 0) is 29.8 Å². The molecule has 1 amide bonds. The summed E-state index contributed by atoms with van der Waals surface area (Å²) in [6.45, 7) is 0. The van der Waals surface area contributed by atoms with E-state index < -0.39 is 24.2 Å². The van der Waals surface area contributed by atoms with Crippen LogP contribution < -0.4 is 24.8 Å². The number of nitrogens with one attached hydrogen (secondary N) is 2. The molecule has 0 saturated carbocycles. The summed E-state index contributed by atoms with van der Waals surface area (Å²) in [6, 6.07) is 8.94. The van der Waals surface area contributed by atoms with Gasteiger partial charge in [0.25, 0.3) is 5.91 Å². The Kier molecular flexibility index (Phi) is 6.27. The Bertz CT molecular complexity index is 1200. The summed E-state index contributed by atoms with van der Waals surface area (Å²) in [5, 5.41) is 9.63. The van der Waals surface area contributed by atoms with Crippen LogP contribution in [0.25, 0.3) is 0 Å². The van der Waals surface area contributed by atoms with Gasteiger partial charge in [-0.2, -0.15) is 18.3 Å². The van der Waals surface area contributed by atoms with Gasteiger partial charge in [-0.15, -0.1) is 0 Å². The SMILES string of the molecule is COc1cccc(C2CC(C(F)(F)F)n3ncc(C(=O)Nc4ccc(OC)c(OC)c4)c3N2)c1. The van der Waals surface area contributed by atoms with Crippen molar-refractivity contribution in [1.82, 2.24) is 9.78 Å². The van der Waals surface area contributed by atoms with Gasteiger partial charge in [0.1, 0.15) is 17.1 Å². The smallest absolute Gasteiger partial charge is 0.410 e. The first-order chi connectivity index (χ1) is 16.2. The maximum atomic E-state index is 13.9. The second-order valence-corrected chi connectivity index (χ2v) is 7.64. The molecule has 1 aliphatic heterocycles. The number of fused-ring (bicyclic) bond motifs is 1. The van der Waals surface area contributed by atoms with Crippen molar-refractivity contribution in [3.8, 4) is 17.2 Å². The zero-order chi connectivity index (χ0) is 24.5. The molecular formula is C23H23F3N4O4. The topological polar surface area (TPSA) is 86.6 Å². The van der Waals surface area contributed by atoms with Crippen molar-refractivity contribution >= 4 is 17.4 Å². The van der Waals surface area contributed by atoms with Crippen LogP contribution in [0.15, 0.2) is 48.7 Å². The molecule has 8 nitrogen and oxygen atoms in total. The number of anilines is 2. The number of benzene rings is 2. The first-order valence-corrected chi connectivity index (χ1v) is 10.3. The van der Waals surface area contributed by atoms with Gasteiger partial charge in [-0.1, -0.05) is 12.1 Å². The Labute approximate surface area is 193 Å². The van der Waals surface area contributed by atoms with Crippen molar-refractivity contribution in [1.29, 1.82) is 0 Å². The maximum Gasteiger partial charge on any atom is 0.410 e. The number of aromatic nitrogens is 2. The van der Waals surface area contributed by atoms with Crippen molar-refractivity contribution in [2.24, 2.45) is 0 Å². The molecule has 4 rings (SSSR count). The van der Waals surface area contributed by atoms with E-state index in [1.807, 2.05) is 0 Å². The second kappa shape index (κ2) is 9.16. The molecule has 11 heteroatoms. The standard InChI is InChI=1S/C23H23F3N4O4/c1-32-15-6-4-5-13(9-15)17-11-20(23(24,25)26)30-21(29-17)16(12-27-30)22(31)28-14-7-8-18(33-2)19(10-14)34-3/h4-10,12,17,20,29H,11H2,1-3H3,(H,28,31). The van der Waals surface area contributed by atoms with Crippen LogP contribution in [-0.2, 0) is 0 Å². The van der Waals surface area contributed by atoms with Crippen LogP contribution in [0.5, 0.6) is 17.2 Å². The highest BCUT2D eigenvalue weighted by molar-refractivity contribution is 6.07. The van der Waals surface area contributed by atoms with E-state index in [4.69, 9.17) is 14.2 Å². The molecule has 0 fully saturated rings. The Hall–Kier alpha value is -3.89. The van der Waals surface area contributed by atoms with Gasteiger partial charge in [-0.3, -0.25) is 4.79 Å². The van der Waals surface area contributed by atoms with Gasteiger partial charge in [0.2, 0.25) is 0 Å². The maximum absolute atomic E-state index is 13.9. The molecule has 2 aromatic carbocycles. The zero-order valence-corrected chi connectivity index (χ0v) is 18.6. The number of hydrogen-bond acceptors (Lipinski definition) is 6. The zero-order valence-electron chi connectivity index (χ0n) is 18.6. The Balaban J connectivity index is 1.67. The number of carbonyl (C=O) groups is 1. The number of rotatable bonds is 6. The number of nitrogens with zero attached hydrogens (tertiary/aromatic N) is 2. The molecule has 0 radical (unpaired) electrons. The number of carbonyl (C=O) groups excluding carboxylic acids is 1. The van der Waals surface area contributed by atoms with E-state index in [1.165, 1.54) is 21.3 Å². The van der Waals surface area contributed by atoms with E-state index in [-0.39, 0.29) is 17.8 Å². The van der Waals surface area contributed by atoms with Crippen molar-refractivity contribution in [3.63, 3.8) is 0 Å². The molecule has 180 valence electrons. The first kappa shape index (κ1) is 23.3. The van der Waals surface area contributed by atoms with Gasteiger partial charge in [-0.25, -0.2) is 4.68 Å². The van der Waals surface area contributed by atoms with Crippen LogP contribution in [0.4, 0.5) is 24.7 Å². The fraction of sp³-hybridized carbons (Fsp3) is 0.304. The predicted octanol–water partition coefficient (Wildman–Crippen LogP) is 4.82. The van der Waals surface area contributed by atoms with Crippen LogP contribution in [0.1, 0.15) is 34.4 Å². The average Bonchev–Trinajstić information content (AvgIpc) is 3.26. The molecule has 2 atom stereocenters. The molecule has 0 aliphatic carbocycles. The van der Waals surface area contributed by atoms with Gasteiger partial charge in [0.05, 0.1) is 33.6 Å². The molecule has 2 N–H and O–H groups in total. The van der Waals surface area contributed by atoms with E-state index in [2.05, 4.69) is 15.7 Å². The first-order valence-electron chi connectivity index (χ1n) is 10.3. The number of hydrogen-bond donors (Lipinski definition) is 2. The Morgan fingerprint density at radius 1 is 1.09 bits per heavy atom. The third kappa shape index (κ3) is 4.45. The van der Waals surface area contributed by atoms with Crippen LogP contribution in [0, 0.1) is 0 Å². The highest BCUT2D eigenvalue weighted by atomic mass is 19.4. The molecule has 3 aromatic rings. The number of ether oxygens (including phenoxy) is 3. The Morgan fingerprint density at radius 3 is 2.53 bits per heavy atom. The summed E-state index contributed by atoms with van der Waals surface area (Å²) < 4.78 is 58.2. The second-order valence-electron chi connectivity index (χ2n) is 7.64. The summed E-state index contributed by atoms with van der Waals surface area (Å²) in [7, 11) is 4.42. The van der Waals surface area contributed by atoms with Crippen molar-refractivity contribution < 1.29 is 32.2 Å². The van der Waals surface area contributed by atoms with E-state index in [9.17, 15) is 18.0 Å². The summed E-state index contributed by atoms with van der Waals surface area (Å²) in [6.07, 6.45) is -3.72. The van der Waals surface area contributed by atoms with Gasteiger partial charge in [0.15, 0.2) is 17.5 Å². The lowest BCUT2D eigenvalue weighted by molar-refractivity contribution is -0.173. The van der Waals surface area contributed by atoms with Gasteiger partial charge < -0.3 is 24.8 Å². The quantitative estimate of drug-likeness (QED) is 0.531. The minimum Gasteiger partial charge on any atom is -0.497 e.